The van der Waals surface area contributed by atoms with Gasteiger partial charge in [0.2, 0.25) is 11.8 Å². The van der Waals surface area contributed by atoms with Gasteiger partial charge in [0.15, 0.2) is 5.41 Å². The predicted molar refractivity (Wildman–Crippen MR) is 121 cm³/mol. The molecule has 0 saturated carbocycles. The summed E-state index contributed by atoms with van der Waals surface area (Å²) in [6.45, 7) is -1.52. The summed E-state index contributed by atoms with van der Waals surface area (Å²) in [5.41, 5.74) is -3.21. The molecule has 5 atom stereocenters. The Labute approximate surface area is 207 Å². The van der Waals surface area contributed by atoms with Crippen LogP contribution in [0.2, 0.25) is 0 Å². The summed E-state index contributed by atoms with van der Waals surface area (Å²) in [7, 11) is 0. The number of hydrogen-bond donors (Lipinski definition) is 12. The first-order valence-electron chi connectivity index (χ1n) is 11.2. The van der Waals surface area contributed by atoms with Crippen molar-refractivity contribution in [2.75, 3.05) is 46.3 Å². The van der Waals surface area contributed by atoms with E-state index in [1.165, 1.54) is 0 Å². The molecule has 5 unspecified atom stereocenters. The van der Waals surface area contributed by atoms with E-state index >= 15 is 0 Å². The first kappa shape index (κ1) is 33.6. The zero-order valence-electron chi connectivity index (χ0n) is 20.0. The number of carbonyl (C=O) groups is 4. The van der Waals surface area contributed by atoms with Crippen LogP contribution in [-0.4, -0.2) is 129 Å². The smallest absolute Gasteiger partial charge is 0.323 e. The molecule has 0 aliphatic carbocycles. The Morgan fingerprint density at radius 2 is 1.28 bits per heavy atom. The van der Waals surface area contributed by atoms with Gasteiger partial charge < -0.3 is 62.1 Å². The summed E-state index contributed by atoms with van der Waals surface area (Å²) in [5.74, 6) is -10.5. The van der Waals surface area contributed by atoms with Gasteiger partial charge in [-0.25, -0.2) is 0 Å². The number of rotatable bonds is 20. The molecule has 0 heterocycles. The summed E-state index contributed by atoms with van der Waals surface area (Å²) in [5, 5.41) is 87.0. The van der Waals surface area contributed by atoms with E-state index in [0.717, 1.165) is 0 Å². The number of aliphatic hydroxyl groups is 6. The molecule has 12 N–H and O–H groups in total. The second kappa shape index (κ2) is 17.1. The van der Waals surface area contributed by atoms with E-state index in [1.54, 1.807) is 6.92 Å². The lowest BCUT2D eigenvalue weighted by Crippen LogP contribution is -2.67. The van der Waals surface area contributed by atoms with Crippen molar-refractivity contribution in [2.45, 2.75) is 38.0 Å². The minimum Gasteiger partial charge on any atom is -0.480 e. The van der Waals surface area contributed by atoms with E-state index < -0.39 is 98.8 Å². The van der Waals surface area contributed by atoms with Gasteiger partial charge in [0.25, 0.3) is 0 Å². The Hall–Kier alpha value is -2.44. The second-order valence-electron chi connectivity index (χ2n) is 7.97. The third-order valence-electron chi connectivity index (χ3n) is 5.68. The Bertz CT molecular complexity index is 696. The molecule has 0 aromatic heterocycles. The third-order valence-corrected chi connectivity index (χ3v) is 5.68. The van der Waals surface area contributed by atoms with Gasteiger partial charge in [-0.05, 0) is 19.4 Å². The summed E-state index contributed by atoms with van der Waals surface area (Å²) in [6.07, 6.45) is -4.96. The van der Waals surface area contributed by atoms with Crippen molar-refractivity contribution in [3.63, 3.8) is 0 Å². The average Bonchev–Trinajstić information content (AvgIpc) is 2.83. The molecule has 0 radical (unpaired) electrons. The van der Waals surface area contributed by atoms with Crippen LogP contribution in [-0.2, 0) is 19.2 Å². The van der Waals surface area contributed by atoms with Crippen LogP contribution in [0.5, 0.6) is 0 Å². The predicted octanol–water partition coefficient (Wildman–Crippen LogP) is -5.44. The van der Waals surface area contributed by atoms with E-state index in [9.17, 15) is 54.9 Å². The molecule has 0 rings (SSSR count). The normalized spacial score (nSPS) is 15.9. The van der Waals surface area contributed by atoms with Gasteiger partial charge >= 0.3 is 11.9 Å². The number of amides is 2. The molecule has 2 amide bonds. The number of carboxylic acid groups (broad SMARTS) is 2. The molecule has 0 fully saturated rings. The van der Waals surface area contributed by atoms with Crippen molar-refractivity contribution in [1.29, 1.82) is 0 Å². The first-order valence-corrected chi connectivity index (χ1v) is 11.2. The molecule has 0 aromatic rings. The zero-order valence-corrected chi connectivity index (χ0v) is 20.0. The summed E-state index contributed by atoms with van der Waals surface area (Å²) in [4.78, 5) is 51.2. The standard InChI is InChI=1S/C20H38N4O12/c1-2-21-3-4-22-15(13(5-11(29)7-25)16(31)23-9-27)20(18(33)34,19(35)36)14(6-12(30)8-26)17(32)24-10-28/h11-15,21-22,25-30H,2-10H2,1H3,(H,23,31)(H,24,32)(H,33,34)(H,35,36). The van der Waals surface area contributed by atoms with E-state index in [2.05, 4.69) is 10.6 Å². The minimum atomic E-state index is -3.21. The second-order valence-corrected chi connectivity index (χ2v) is 7.97. The van der Waals surface area contributed by atoms with Crippen LogP contribution in [0.1, 0.15) is 19.8 Å². The van der Waals surface area contributed by atoms with Crippen molar-refractivity contribution < 1.29 is 60.0 Å². The highest BCUT2D eigenvalue weighted by Crippen LogP contribution is 2.41. The van der Waals surface area contributed by atoms with Crippen molar-refractivity contribution in [1.82, 2.24) is 21.3 Å². The topological polar surface area (TPSA) is 278 Å². The molecular formula is C20H38N4O12. The fourth-order valence-electron chi connectivity index (χ4n) is 4.00. The van der Waals surface area contributed by atoms with E-state index in [0.29, 0.717) is 6.54 Å². The monoisotopic (exact) mass is 526 g/mol. The van der Waals surface area contributed by atoms with Crippen LogP contribution in [0.3, 0.4) is 0 Å². The van der Waals surface area contributed by atoms with Crippen LogP contribution in [0.25, 0.3) is 0 Å². The fourth-order valence-corrected chi connectivity index (χ4v) is 4.00. The summed E-state index contributed by atoms with van der Waals surface area (Å²) in [6, 6.07) is -1.97. The molecule has 0 spiro atoms. The average molecular weight is 527 g/mol. The maximum absolute atomic E-state index is 12.9. The molecule has 16 nitrogen and oxygen atoms in total. The van der Waals surface area contributed by atoms with Gasteiger partial charge in [-0.2, -0.15) is 0 Å². The molecule has 0 bridgehead atoms. The first-order chi connectivity index (χ1) is 17.0. The van der Waals surface area contributed by atoms with Crippen LogP contribution in [0.4, 0.5) is 0 Å². The van der Waals surface area contributed by atoms with Crippen LogP contribution >= 0.6 is 0 Å². The highest BCUT2D eigenvalue weighted by atomic mass is 16.4. The highest BCUT2D eigenvalue weighted by Gasteiger charge is 2.63. The largest absolute Gasteiger partial charge is 0.480 e. The Kier molecular flexibility index (Phi) is 15.9. The lowest BCUT2D eigenvalue weighted by atomic mass is 9.62. The Morgan fingerprint density at radius 1 is 0.778 bits per heavy atom. The van der Waals surface area contributed by atoms with Crippen molar-refractivity contribution in [3.8, 4) is 0 Å². The van der Waals surface area contributed by atoms with Crippen LogP contribution in [0.15, 0.2) is 0 Å². The SMILES string of the molecule is CCNCCNC(C(CC(O)CO)C(=O)NCO)C(C(=O)O)(C(=O)O)C(CC(O)CO)C(=O)NCO. The lowest BCUT2D eigenvalue weighted by Gasteiger charge is -2.43. The molecule has 0 aromatic carbocycles. The Morgan fingerprint density at radius 3 is 1.72 bits per heavy atom. The van der Waals surface area contributed by atoms with Crippen molar-refractivity contribution in [2.24, 2.45) is 17.3 Å². The number of aliphatic hydroxyl groups excluding tert-OH is 6. The van der Waals surface area contributed by atoms with Gasteiger partial charge in [-0.3, -0.25) is 19.2 Å². The van der Waals surface area contributed by atoms with E-state index in [1.807, 2.05) is 10.6 Å². The molecular weight excluding hydrogens is 488 g/mol. The van der Waals surface area contributed by atoms with Crippen molar-refractivity contribution >= 4 is 23.8 Å². The van der Waals surface area contributed by atoms with Gasteiger partial charge in [0.1, 0.15) is 13.5 Å². The minimum absolute atomic E-state index is 0.129. The number of likely N-dealkylation sites (N-methyl/N-ethyl adjacent to an activating group) is 1. The van der Waals surface area contributed by atoms with Gasteiger partial charge in [0, 0.05) is 19.1 Å². The van der Waals surface area contributed by atoms with E-state index in [4.69, 9.17) is 5.11 Å². The van der Waals surface area contributed by atoms with Gasteiger partial charge in [-0.15, -0.1) is 0 Å². The lowest BCUT2D eigenvalue weighted by molar-refractivity contribution is -0.179. The summed E-state index contributed by atoms with van der Waals surface area (Å²) >= 11 is 0. The molecule has 210 valence electrons. The maximum Gasteiger partial charge on any atom is 0.323 e. The number of hydrogen-bond acceptors (Lipinski definition) is 12. The summed E-state index contributed by atoms with van der Waals surface area (Å²) < 4.78 is 0. The molecule has 0 saturated heterocycles. The third kappa shape index (κ3) is 8.90. The van der Waals surface area contributed by atoms with Crippen LogP contribution < -0.4 is 21.3 Å². The number of carboxylic acids is 2. The quantitative estimate of drug-likeness (QED) is 0.0401. The van der Waals surface area contributed by atoms with Gasteiger partial charge in [-0.1, -0.05) is 6.92 Å². The highest BCUT2D eigenvalue weighted by molar-refractivity contribution is 6.05. The fraction of sp³-hybridized carbons (Fsp3) is 0.800. The number of aliphatic carboxylic acids is 2. The molecule has 36 heavy (non-hydrogen) atoms. The van der Waals surface area contributed by atoms with Gasteiger partial charge in [0.05, 0.1) is 37.3 Å². The van der Waals surface area contributed by atoms with Crippen molar-refractivity contribution in [3.05, 3.63) is 0 Å². The van der Waals surface area contributed by atoms with E-state index in [-0.39, 0.29) is 13.1 Å². The number of carbonyl (C=O) groups excluding carboxylic acids is 2. The zero-order chi connectivity index (χ0) is 27.9. The number of nitrogens with one attached hydrogen (secondary N) is 4. The maximum atomic E-state index is 12.9. The Balaban J connectivity index is 7.18. The molecule has 0 aliphatic heterocycles. The molecule has 16 heteroatoms. The molecule has 0 aliphatic rings. The van der Waals surface area contributed by atoms with Crippen LogP contribution in [0, 0.1) is 17.3 Å².